The van der Waals surface area contributed by atoms with Gasteiger partial charge in [-0.2, -0.15) is 0 Å². The van der Waals surface area contributed by atoms with Gasteiger partial charge in [-0.25, -0.2) is 4.85 Å². The smallest absolute Gasteiger partial charge is 0.204 e. The molecule has 0 aliphatic carbocycles. The average molecular weight is 633 g/mol. The lowest BCUT2D eigenvalue weighted by atomic mass is 9.97. The Bertz CT molecular complexity index is 2920. The Kier molecular flexibility index (Phi) is 5.71. The van der Waals surface area contributed by atoms with Gasteiger partial charge in [0.05, 0.1) is 28.0 Å². The molecule has 0 saturated heterocycles. The number of nitrogens with zero attached hydrogens (tertiary/aromatic N) is 2. The molecule has 0 aliphatic rings. The molecule has 47 heavy (non-hydrogen) atoms. The summed E-state index contributed by atoms with van der Waals surface area (Å²) >= 11 is 3.58. The molecule has 0 saturated carbocycles. The van der Waals surface area contributed by atoms with Crippen molar-refractivity contribution >= 4 is 90.5 Å². The molecule has 0 radical (unpaired) electrons. The van der Waals surface area contributed by atoms with Gasteiger partial charge >= 0.3 is 0 Å². The molecule has 0 aliphatic heterocycles. The fourth-order valence-corrected chi connectivity index (χ4v) is 9.69. The second kappa shape index (κ2) is 10.1. The maximum Gasteiger partial charge on any atom is 0.204 e. The molecule has 0 spiro atoms. The first kappa shape index (κ1) is 26.5. The Morgan fingerprint density at radius 1 is 0.468 bits per heavy atom. The van der Waals surface area contributed by atoms with Crippen molar-refractivity contribution in [3.05, 3.63) is 157 Å². The molecule has 3 aromatic heterocycles. The Morgan fingerprint density at radius 2 is 1.21 bits per heavy atom. The molecule has 10 rings (SSSR count). The van der Waals surface area contributed by atoms with Gasteiger partial charge in [-0.3, -0.25) is 0 Å². The number of para-hydroxylation sites is 1. The van der Waals surface area contributed by atoms with Crippen LogP contribution in [0.3, 0.4) is 0 Å². The second-order valence-corrected chi connectivity index (χ2v) is 14.1. The highest BCUT2D eigenvalue weighted by atomic mass is 32.1. The van der Waals surface area contributed by atoms with Gasteiger partial charge in [0, 0.05) is 41.0 Å². The molecular weight excluding hydrogens is 609 g/mol. The summed E-state index contributed by atoms with van der Waals surface area (Å²) in [7, 11) is 0. The lowest BCUT2D eigenvalue weighted by Crippen LogP contribution is -1.94. The minimum Gasteiger partial charge on any atom is -0.308 e. The van der Waals surface area contributed by atoms with E-state index in [2.05, 4.69) is 149 Å². The summed E-state index contributed by atoms with van der Waals surface area (Å²) in [6.45, 7) is 8.09. The van der Waals surface area contributed by atoms with Gasteiger partial charge in [-0.15, -0.1) is 22.7 Å². The second-order valence-electron chi connectivity index (χ2n) is 12.0. The summed E-state index contributed by atoms with van der Waals surface area (Å²) in [5, 5.41) is 7.39. The molecule has 0 atom stereocenters. The summed E-state index contributed by atoms with van der Waals surface area (Å²) in [6.07, 6.45) is 0. The molecule has 0 amide bonds. The predicted octanol–water partition coefficient (Wildman–Crippen LogP) is 13.4. The van der Waals surface area contributed by atoms with Crippen molar-refractivity contribution in [1.29, 1.82) is 0 Å². The minimum absolute atomic E-state index is 0.701. The number of aromatic nitrogens is 1. The molecule has 0 bridgehead atoms. The van der Waals surface area contributed by atoms with E-state index in [1.807, 2.05) is 17.4 Å². The SMILES string of the molecule is [C-]#[N+]c1ccc(-c2ccc3sc4ccccc4c3c2)c2c1sc1c(-n3c4ccccc4c4ccc(-c5ccccc5)cc43)cccc12. The topological polar surface area (TPSA) is 9.29 Å². The van der Waals surface area contributed by atoms with Crippen LogP contribution in [0.25, 0.3) is 94.9 Å². The van der Waals surface area contributed by atoms with Crippen LogP contribution >= 0.6 is 22.7 Å². The molecule has 0 N–H and O–H groups in total. The minimum atomic E-state index is 0.701. The number of fused-ring (bicyclic) bond motifs is 9. The molecule has 7 aromatic carbocycles. The molecule has 3 heterocycles. The van der Waals surface area contributed by atoms with E-state index in [-0.39, 0.29) is 0 Å². The number of thiophene rings is 2. The van der Waals surface area contributed by atoms with Gasteiger partial charge in [-0.1, -0.05) is 109 Å². The molecular formula is C43H24N2S2. The molecule has 0 fully saturated rings. The summed E-state index contributed by atoms with van der Waals surface area (Å²) in [5.41, 5.74) is 8.94. The van der Waals surface area contributed by atoms with Crippen LogP contribution in [0, 0.1) is 6.57 Å². The normalized spacial score (nSPS) is 11.8. The Labute approximate surface area is 278 Å². The summed E-state index contributed by atoms with van der Waals surface area (Å²) in [5.74, 6) is 0. The van der Waals surface area contributed by atoms with E-state index in [9.17, 15) is 0 Å². The third-order valence-electron chi connectivity index (χ3n) is 9.43. The maximum atomic E-state index is 8.09. The van der Waals surface area contributed by atoms with Crippen molar-refractivity contribution < 1.29 is 0 Å². The summed E-state index contributed by atoms with van der Waals surface area (Å²) in [4.78, 5) is 4.00. The number of benzene rings is 7. The monoisotopic (exact) mass is 632 g/mol. The highest BCUT2D eigenvalue weighted by Gasteiger charge is 2.20. The highest BCUT2D eigenvalue weighted by Crippen LogP contribution is 2.48. The number of hydrogen-bond donors (Lipinski definition) is 0. The zero-order chi connectivity index (χ0) is 31.1. The standard InChI is InChI=1S/C43H24N2S2/c1-44-35-22-21-29(28-19-23-40-34(24-28)32-13-6-8-17-39(32)46-40)41-33-14-9-16-37(42(33)47-43(35)41)45-36-15-7-5-12-30(36)31-20-18-27(25-38(31)45)26-10-3-2-4-11-26/h2-25H. The van der Waals surface area contributed by atoms with E-state index < -0.39 is 0 Å². The van der Waals surface area contributed by atoms with Gasteiger partial charge in [0.2, 0.25) is 5.69 Å². The van der Waals surface area contributed by atoms with E-state index in [0.717, 1.165) is 15.8 Å². The van der Waals surface area contributed by atoms with Crippen molar-refractivity contribution in [1.82, 2.24) is 4.57 Å². The van der Waals surface area contributed by atoms with Crippen LogP contribution in [0.4, 0.5) is 5.69 Å². The van der Waals surface area contributed by atoms with Gasteiger partial charge in [0.1, 0.15) is 0 Å². The van der Waals surface area contributed by atoms with Crippen molar-refractivity contribution in [2.45, 2.75) is 0 Å². The fraction of sp³-hybridized carbons (Fsp3) is 0. The fourth-order valence-electron chi connectivity index (χ4n) is 7.31. The van der Waals surface area contributed by atoms with Gasteiger partial charge in [-0.05, 0) is 64.0 Å². The van der Waals surface area contributed by atoms with Crippen molar-refractivity contribution in [3.63, 3.8) is 0 Å². The molecule has 2 nitrogen and oxygen atoms in total. The molecule has 4 heteroatoms. The van der Waals surface area contributed by atoms with E-state index >= 15 is 0 Å². The van der Waals surface area contributed by atoms with Gasteiger partial charge in [0.25, 0.3) is 0 Å². The predicted molar refractivity (Wildman–Crippen MR) is 204 cm³/mol. The van der Waals surface area contributed by atoms with Crippen molar-refractivity contribution in [3.8, 4) is 27.9 Å². The first-order valence-corrected chi connectivity index (χ1v) is 17.3. The van der Waals surface area contributed by atoms with E-state index in [1.165, 1.54) is 74.3 Å². The highest BCUT2D eigenvalue weighted by molar-refractivity contribution is 7.27. The molecule has 10 aromatic rings. The van der Waals surface area contributed by atoms with Crippen LogP contribution in [0.15, 0.2) is 146 Å². The average Bonchev–Trinajstić information content (AvgIpc) is 3.81. The quantitative estimate of drug-likeness (QED) is 0.171. The summed E-state index contributed by atoms with van der Waals surface area (Å²) in [6, 6.07) is 52.4. The Morgan fingerprint density at radius 3 is 2.11 bits per heavy atom. The van der Waals surface area contributed by atoms with Crippen LogP contribution in [0.2, 0.25) is 0 Å². The zero-order valence-electron chi connectivity index (χ0n) is 25.1. The van der Waals surface area contributed by atoms with Gasteiger partial charge in [0.15, 0.2) is 0 Å². The van der Waals surface area contributed by atoms with Crippen LogP contribution in [0.5, 0.6) is 0 Å². The van der Waals surface area contributed by atoms with Crippen LogP contribution in [-0.2, 0) is 0 Å². The molecule has 218 valence electrons. The Hall–Kier alpha value is -5.73. The van der Waals surface area contributed by atoms with E-state index in [1.54, 1.807) is 11.3 Å². The molecule has 0 unspecified atom stereocenters. The van der Waals surface area contributed by atoms with E-state index in [0.29, 0.717) is 5.69 Å². The van der Waals surface area contributed by atoms with Crippen LogP contribution in [-0.4, -0.2) is 4.57 Å². The van der Waals surface area contributed by atoms with Crippen molar-refractivity contribution in [2.24, 2.45) is 0 Å². The Balaban J connectivity index is 1.28. The van der Waals surface area contributed by atoms with Crippen LogP contribution < -0.4 is 0 Å². The number of hydrogen-bond acceptors (Lipinski definition) is 2. The first-order chi connectivity index (χ1) is 23.3. The maximum absolute atomic E-state index is 8.09. The van der Waals surface area contributed by atoms with Gasteiger partial charge < -0.3 is 4.57 Å². The van der Waals surface area contributed by atoms with Crippen molar-refractivity contribution in [2.75, 3.05) is 0 Å². The largest absolute Gasteiger partial charge is 0.308 e. The lowest BCUT2D eigenvalue weighted by molar-refractivity contribution is 1.20. The van der Waals surface area contributed by atoms with Crippen LogP contribution in [0.1, 0.15) is 0 Å². The first-order valence-electron chi connectivity index (χ1n) is 15.6. The third kappa shape index (κ3) is 3.88. The third-order valence-corrected chi connectivity index (χ3v) is 11.8. The van der Waals surface area contributed by atoms with E-state index in [4.69, 9.17) is 6.57 Å². The summed E-state index contributed by atoms with van der Waals surface area (Å²) < 4.78 is 7.26. The number of rotatable bonds is 3. The zero-order valence-corrected chi connectivity index (χ0v) is 26.7. The lowest BCUT2D eigenvalue weighted by Gasteiger charge is -2.11.